The monoisotopic (exact) mass is 323 g/mol. The molecule has 0 saturated carbocycles. The molecule has 1 aromatic carbocycles. The van der Waals surface area contributed by atoms with Gasteiger partial charge in [0.25, 0.3) is 0 Å². The fourth-order valence-electron chi connectivity index (χ4n) is 1.01. The lowest BCUT2D eigenvalue weighted by molar-refractivity contribution is -0.385. The Bertz CT molecular complexity index is 393. The summed E-state index contributed by atoms with van der Waals surface area (Å²) in [7, 11) is 1.40. The van der Waals surface area contributed by atoms with E-state index in [1.165, 1.54) is 13.2 Å². The number of ether oxygens (including phenoxy) is 1. The zero-order valence-corrected chi connectivity index (χ0v) is 10.7. The largest absolute Gasteiger partial charge is 0.489 e. The molecule has 0 N–H and O–H groups in total. The lowest BCUT2D eigenvalue weighted by Gasteiger charge is -2.08. The summed E-state index contributed by atoms with van der Waals surface area (Å²) in [6.45, 7) is 1.83. The predicted molar refractivity (Wildman–Crippen MR) is 59.8 cm³/mol. The first kappa shape index (κ1) is 11.5. The van der Waals surface area contributed by atoms with E-state index >= 15 is 0 Å². The number of nitrogens with zero attached hydrogens (tertiary/aromatic N) is 1. The number of benzene rings is 1. The highest BCUT2D eigenvalue weighted by Crippen LogP contribution is 2.40. The van der Waals surface area contributed by atoms with Crippen LogP contribution in [0.4, 0.5) is 5.69 Å². The Labute approximate surface area is 97.7 Å². The molecule has 6 heteroatoms. The number of halogens is 2. The average molecular weight is 325 g/mol. The number of nitro groups is 1. The van der Waals surface area contributed by atoms with Gasteiger partial charge in [-0.3, -0.25) is 10.1 Å². The molecule has 0 bridgehead atoms. The maximum Gasteiger partial charge on any atom is 0.313 e. The maximum atomic E-state index is 10.7. The second-order valence-corrected chi connectivity index (χ2v) is 4.25. The van der Waals surface area contributed by atoms with Crippen LogP contribution in [0.1, 0.15) is 5.56 Å². The minimum Gasteiger partial charge on any atom is -0.489 e. The van der Waals surface area contributed by atoms with Crippen molar-refractivity contribution in [2.45, 2.75) is 6.92 Å². The molecule has 0 atom stereocenters. The van der Waals surface area contributed by atoms with E-state index in [1.807, 2.05) is 6.92 Å². The Balaban J connectivity index is 3.51. The highest BCUT2D eigenvalue weighted by atomic mass is 79.9. The molecule has 0 aliphatic carbocycles. The summed E-state index contributed by atoms with van der Waals surface area (Å²) in [5.41, 5.74) is 0.810. The minimum absolute atomic E-state index is 0.0585. The zero-order chi connectivity index (χ0) is 10.9. The third-order valence-corrected chi connectivity index (χ3v) is 3.56. The summed E-state index contributed by atoms with van der Waals surface area (Å²) in [6.07, 6.45) is 0. The van der Waals surface area contributed by atoms with Crippen LogP contribution in [-0.4, -0.2) is 12.0 Å². The summed E-state index contributed by atoms with van der Waals surface area (Å²) in [5.74, 6) is 0.246. The van der Waals surface area contributed by atoms with E-state index in [0.29, 0.717) is 8.95 Å². The van der Waals surface area contributed by atoms with Crippen molar-refractivity contribution >= 4 is 37.5 Å². The van der Waals surface area contributed by atoms with Gasteiger partial charge in [0.2, 0.25) is 5.75 Å². The van der Waals surface area contributed by atoms with Crippen LogP contribution in [-0.2, 0) is 0 Å². The van der Waals surface area contributed by atoms with Crippen LogP contribution in [0.25, 0.3) is 0 Å². The van der Waals surface area contributed by atoms with Gasteiger partial charge in [0.05, 0.1) is 16.5 Å². The molecular formula is C8H7Br2NO3. The van der Waals surface area contributed by atoms with Crippen molar-refractivity contribution in [1.82, 2.24) is 0 Å². The Morgan fingerprint density at radius 1 is 1.50 bits per heavy atom. The SMILES string of the molecule is COc1c([N+](=O)[O-])cc(Br)c(C)c1Br. The van der Waals surface area contributed by atoms with Crippen molar-refractivity contribution in [3.63, 3.8) is 0 Å². The molecule has 1 aromatic rings. The Hall–Kier alpha value is -0.620. The van der Waals surface area contributed by atoms with E-state index in [4.69, 9.17) is 4.74 Å². The molecule has 4 nitrogen and oxygen atoms in total. The third kappa shape index (κ3) is 1.90. The fourth-order valence-corrected chi connectivity index (χ4v) is 2.27. The van der Waals surface area contributed by atoms with Gasteiger partial charge >= 0.3 is 5.69 Å². The van der Waals surface area contributed by atoms with E-state index in [2.05, 4.69) is 31.9 Å². The summed E-state index contributed by atoms with van der Waals surface area (Å²) in [5, 5.41) is 10.7. The third-order valence-electron chi connectivity index (χ3n) is 1.78. The lowest BCUT2D eigenvalue weighted by atomic mass is 10.2. The number of methoxy groups -OCH3 is 1. The van der Waals surface area contributed by atoms with Gasteiger partial charge in [-0.05, 0) is 28.4 Å². The normalized spacial score (nSPS) is 10.0. The first-order valence-electron chi connectivity index (χ1n) is 3.66. The lowest BCUT2D eigenvalue weighted by Crippen LogP contribution is -1.96. The van der Waals surface area contributed by atoms with Gasteiger partial charge in [0.15, 0.2) is 0 Å². The van der Waals surface area contributed by atoms with Gasteiger partial charge in [-0.25, -0.2) is 0 Å². The van der Waals surface area contributed by atoms with E-state index in [9.17, 15) is 10.1 Å². The molecule has 0 aliphatic heterocycles. The van der Waals surface area contributed by atoms with Gasteiger partial charge in [0.1, 0.15) is 0 Å². The highest BCUT2D eigenvalue weighted by Gasteiger charge is 2.21. The van der Waals surface area contributed by atoms with Gasteiger partial charge in [-0.15, -0.1) is 0 Å². The molecule has 76 valence electrons. The summed E-state index contributed by atoms with van der Waals surface area (Å²) in [4.78, 5) is 10.2. The van der Waals surface area contributed by atoms with Crippen LogP contribution in [0, 0.1) is 17.0 Å². The zero-order valence-electron chi connectivity index (χ0n) is 7.51. The molecular weight excluding hydrogens is 318 g/mol. The Morgan fingerprint density at radius 3 is 2.50 bits per heavy atom. The van der Waals surface area contributed by atoms with Crippen LogP contribution in [0.3, 0.4) is 0 Å². The molecule has 0 radical (unpaired) electrons. The summed E-state index contributed by atoms with van der Waals surface area (Å²) < 4.78 is 6.24. The topological polar surface area (TPSA) is 52.4 Å². The number of hydrogen-bond donors (Lipinski definition) is 0. The van der Waals surface area contributed by atoms with Crippen LogP contribution in [0.5, 0.6) is 5.75 Å². The first-order valence-corrected chi connectivity index (χ1v) is 5.24. The summed E-state index contributed by atoms with van der Waals surface area (Å²) in [6, 6.07) is 1.43. The maximum absolute atomic E-state index is 10.7. The highest BCUT2D eigenvalue weighted by molar-refractivity contribution is 9.11. The fraction of sp³-hybridized carbons (Fsp3) is 0.250. The van der Waals surface area contributed by atoms with E-state index in [-0.39, 0.29) is 11.4 Å². The molecule has 0 saturated heterocycles. The van der Waals surface area contributed by atoms with E-state index in [1.54, 1.807) is 0 Å². The van der Waals surface area contributed by atoms with Crippen molar-refractivity contribution in [3.8, 4) is 5.75 Å². The molecule has 0 aliphatic rings. The van der Waals surface area contributed by atoms with Crippen molar-refractivity contribution < 1.29 is 9.66 Å². The predicted octanol–water partition coefficient (Wildman–Crippen LogP) is 3.44. The van der Waals surface area contributed by atoms with Crippen LogP contribution >= 0.6 is 31.9 Å². The quantitative estimate of drug-likeness (QED) is 0.618. The molecule has 14 heavy (non-hydrogen) atoms. The van der Waals surface area contributed by atoms with Gasteiger partial charge < -0.3 is 4.74 Å². The molecule has 0 spiro atoms. The standard InChI is InChI=1S/C8H7Br2NO3/c1-4-5(9)3-6(11(12)13)8(14-2)7(4)10/h3H,1-2H3. The van der Waals surface area contributed by atoms with Crippen LogP contribution < -0.4 is 4.74 Å². The van der Waals surface area contributed by atoms with Gasteiger partial charge in [-0.2, -0.15) is 0 Å². The molecule has 0 aromatic heterocycles. The molecule has 0 amide bonds. The van der Waals surface area contributed by atoms with Crippen molar-refractivity contribution in [1.29, 1.82) is 0 Å². The first-order chi connectivity index (χ1) is 6.49. The van der Waals surface area contributed by atoms with Crippen molar-refractivity contribution in [2.24, 2.45) is 0 Å². The second kappa shape index (κ2) is 4.27. The van der Waals surface area contributed by atoms with E-state index in [0.717, 1.165) is 5.56 Å². The Kier molecular flexibility index (Phi) is 3.49. The number of nitro benzene ring substituents is 1. The molecule has 0 unspecified atom stereocenters. The molecule has 1 rings (SSSR count). The molecule has 0 heterocycles. The van der Waals surface area contributed by atoms with Gasteiger partial charge in [0, 0.05) is 10.5 Å². The second-order valence-electron chi connectivity index (χ2n) is 2.61. The minimum atomic E-state index is -0.478. The van der Waals surface area contributed by atoms with Gasteiger partial charge in [-0.1, -0.05) is 15.9 Å². The smallest absolute Gasteiger partial charge is 0.313 e. The van der Waals surface area contributed by atoms with Crippen LogP contribution in [0.15, 0.2) is 15.0 Å². The van der Waals surface area contributed by atoms with E-state index < -0.39 is 4.92 Å². The Morgan fingerprint density at radius 2 is 2.07 bits per heavy atom. The van der Waals surface area contributed by atoms with Crippen LogP contribution in [0.2, 0.25) is 0 Å². The number of hydrogen-bond acceptors (Lipinski definition) is 3. The van der Waals surface area contributed by atoms with Crippen molar-refractivity contribution in [2.75, 3.05) is 7.11 Å². The number of rotatable bonds is 2. The van der Waals surface area contributed by atoms with Crippen molar-refractivity contribution in [3.05, 3.63) is 30.7 Å². The molecule has 0 fully saturated rings. The summed E-state index contributed by atoms with van der Waals surface area (Å²) >= 11 is 6.49. The average Bonchev–Trinajstić information content (AvgIpc) is 2.13.